The molecule has 0 spiro atoms. The average molecular weight is 615 g/mol. The van der Waals surface area contributed by atoms with Crippen molar-refractivity contribution in [2.75, 3.05) is 18.5 Å². The molecule has 0 radical (unpaired) electrons. The second-order valence-corrected chi connectivity index (χ2v) is 9.14. The van der Waals surface area contributed by atoms with Crippen LogP contribution in [0, 0.1) is 10.5 Å². The highest BCUT2D eigenvalue weighted by atomic mass is 127. The standard InChI is InChI=1S/C24H28ClIN4O5/c1-5-15(4)28-23(32)24(33)30-27-12-16-9-18(26)22(20(10-16)34-6-2)35-13-21(31)29-19-11-17(25)8-7-14(19)3/h7-12,15H,5-6,13H2,1-4H3,(H,28,32)(H,29,31)(H,30,33)/b27-12-/t15-/m0/s1. The van der Waals surface area contributed by atoms with Crippen molar-refractivity contribution in [3.63, 3.8) is 0 Å². The Morgan fingerprint density at radius 1 is 1.14 bits per heavy atom. The summed E-state index contributed by atoms with van der Waals surface area (Å²) in [5.41, 5.74) is 4.29. The van der Waals surface area contributed by atoms with Gasteiger partial charge in [0.15, 0.2) is 18.1 Å². The Kier molecular flexibility index (Phi) is 11.3. The summed E-state index contributed by atoms with van der Waals surface area (Å²) >= 11 is 8.06. The minimum absolute atomic E-state index is 0.114. The van der Waals surface area contributed by atoms with Crippen LogP contribution in [0.4, 0.5) is 5.69 Å². The maximum atomic E-state index is 12.4. The van der Waals surface area contributed by atoms with Gasteiger partial charge in [-0.1, -0.05) is 24.6 Å². The van der Waals surface area contributed by atoms with Crippen molar-refractivity contribution in [1.29, 1.82) is 0 Å². The summed E-state index contributed by atoms with van der Waals surface area (Å²) in [4.78, 5) is 36.1. The van der Waals surface area contributed by atoms with Crippen molar-refractivity contribution < 1.29 is 23.9 Å². The Morgan fingerprint density at radius 2 is 1.89 bits per heavy atom. The molecule has 9 nitrogen and oxygen atoms in total. The van der Waals surface area contributed by atoms with Gasteiger partial charge in [-0.25, -0.2) is 5.43 Å². The van der Waals surface area contributed by atoms with Gasteiger partial charge >= 0.3 is 11.8 Å². The van der Waals surface area contributed by atoms with Crippen LogP contribution in [0.2, 0.25) is 5.02 Å². The normalized spacial score (nSPS) is 11.6. The van der Waals surface area contributed by atoms with Gasteiger partial charge in [0.05, 0.1) is 16.4 Å². The largest absolute Gasteiger partial charge is 0.490 e. The lowest BCUT2D eigenvalue weighted by molar-refractivity contribution is -0.139. The lowest BCUT2D eigenvalue weighted by Crippen LogP contribution is -2.41. The zero-order chi connectivity index (χ0) is 26.0. The summed E-state index contributed by atoms with van der Waals surface area (Å²) < 4.78 is 12.1. The zero-order valence-electron chi connectivity index (χ0n) is 19.9. The van der Waals surface area contributed by atoms with E-state index in [0.29, 0.717) is 44.4 Å². The van der Waals surface area contributed by atoms with Crippen LogP contribution in [0.3, 0.4) is 0 Å². The third-order valence-corrected chi connectivity index (χ3v) is 5.77. The van der Waals surface area contributed by atoms with Crippen molar-refractivity contribution in [2.24, 2.45) is 5.10 Å². The van der Waals surface area contributed by atoms with E-state index >= 15 is 0 Å². The first-order chi connectivity index (χ1) is 16.6. The number of benzene rings is 2. The van der Waals surface area contributed by atoms with Crippen LogP contribution < -0.4 is 25.5 Å². The van der Waals surface area contributed by atoms with Crippen LogP contribution in [0.5, 0.6) is 11.5 Å². The Hall–Kier alpha value is -2.86. The minimum atomic E-state index is -0.859. The van der Waals surface area contributed by atoms with E-state index in [0.717, 1.165) is 5.56 Å². The molecular formula is C24H28ClIN4O5. The molecule has 0 aliphatic rings. The maximum Gasteiger partial charge on any atom is 0.329 e. The van der Waals surface area contributed by atoms with E-state index in [9.17, 15) is 14.4 Å². The van der Waals surface area contributed by atoms with Crippen LogP contribution >= 0.6 is 34.2 Å². The van der Waals surface area contributed by atoms with Crippen molar-refractivity contribution in [2.45, 2.75) is 40.2 Å². The third kappa shape index (κ3) is 9.02. The molecule has 0 bridgehead atoms. The first-order valence-electron chi connectivity index (χ1n) is 10.9. The van der Waals surface area contributed by atoms with Crippen molar-refractivity contribution in [1.82, 2.24) is 10.7 Å². The lowest BCUT2D eigenvalue weighted by Gasteiger charge is -2.15. The number of hydrazone groups is 1. The van der Waals surface area contributed by atoms with Crippen LogP contribution in [0.1, 0.15) is 38.3 Å². The predicted octanol–water partition coefficient (Wildman–Crippen LogP) is 4.03. The zero-order valence-corrected chi connectivity index (χ0v) is 22.8. The number of amides is 3. The van der Waals surface area contributed by atoms with E-state index in [1.165, 1.54) is 6.21 Å². The van der Waals surface area contributed by atoms with Crippen LogP contribution in [0.25, 0.3) is 0 Å². The van der Waals surface area contributed by atoms with Gasteiger partial charge < -0.3 is 20.1 Å². The number of rotatable bonds is 10. The summed E-state index contributed by atoms with van der Waals surface area (Å²) in [6.07, 6.45) is 2.09. The molecule has 0 saturated carbocycles. The Balaban J connectivity index is 2.06. The number of nitrogens with zero attached hydrogens (tertiary/aromatic N) is 1. The van der Waals surface area contributed by atoms with Gasteiger partial charge in [0.2, 0.25) is 0 Å². The number of carbonyl (C=O) groups excluding carboxylic acids is 3. The number of ether oxygens (including phenoxy) is 2. The number of hydrogen-bond acceptors (Lipinski definition) is 6. The monoisotopic (exact) mass is 614 g/mol. The van der Waals surface area contributed by atoms with Gasteiger partial charge in [0.25, 0.3) is 5.91 Å². The van der Waals surface area contributed by atoms with Gasteiger partial charge in [-0.3, -0.25) is 14.4 Å². The number of halogens is 2. The molecule has 0 saturated heterocycles. The van der Waals surface area contributed by atoms with Crippen molar-refractivity contribution in [3.8, 4) is 11.5 Å². The van der Waals surface area contributed by atoms with Gasteiger partial charge in [-0.15, -0.1) is 0 Å². The summed E-state index contributed by atoms with van der Waals surface area (Å²) in [6, 6.07) is 8.52. The maximum absolute atomic E-state index is 12.4. The molecule has 188 valence electrons. The van der Waals surface area contributed by atoms with E-state index in [2.05, 4.69) is 43.8 Å². The molecule has 0 aliphatic carbocycles. The molecule has 3 amide bonds. The highest BCUT2D eigenvalue weighted by Gasteiger charge is 2.16. The van der Waals surface area contributed by atoms with Gasteiger partial charge in [-0.2, -0.15) is 5.10 Å². The third-order valence-electron chi connectivity index (χ3n) is 4.73. The van der Waals surface area contributed by atoms with E-state index in [1.807, 2.05) is 26.8 Å². The van der Waals surface area contributed by atoms with Crippen molar-refractivity contribution in [3.05, 3.63) is 50.1 Å². The predicted molar refractivity (Wildman–Crippen MR) is 144 cm³/mol. The Morgan fingerprint density at radius 3 is 2.57 bits per heavy atom. The first-order valence-corrected chi connectivity index (χ1v) is 12.4. The quantitative estimate of drug-likeness (QED) is 0.162. The van der Waals surface area contributed by atoms with Crippen LogP contribution in [-0.2, 0) is 14.4 Å². The second-order valence-electron chi connectivity index (χ2n) is 7.54. The van der Waals surface area contributed by atoms with E-state index < -0.39 is 11.8 Å². The molecule has 2 aromatic carbocycles. The molecule has 0 aliphatic heterocycles. The fourth-order valence-electron chi connectivity index (χ4n) is 2.73. The molecule has 3 N–H and O–H groups in total. The second kappa shape index (κ2) is 13.9. The fourth-order valence-corrected chi connectivity index (χ4v) is 3.68. The molecule has 2 rings (SSSR count). The average Bonchev–Trinajstić information content (AvgIpc) is 2.80. The number of carbonyl (C=O) groups is 3. The molecule has 1 atom stereocenters. The van der Waals surface area contributed by atoms with Gasteiger partial charge in [-0.05, 0) is 85.2 Å². The minimum Gasteiger partial charge on any atom is -0.490 e. The molecule has 0 aromatic heterocycles. The van der Waals surface area contributed by atoms with E-state index in [1.54, 1.807) is 31.2 Å². The summed E-state index contributed by atoms with van der Waals surface area (Å²) in [7, 11) is 0. The molecule has 35 heavy (non-hydrogen) atoms. The molecule has 0 fully saturated rings. The van der Waals surface area contributed by atoms with Crippen molar-refractivity contribution >= 4 is 63.8 Å². The van der Waals surface area contributed by atoms with Crippen LogP contribution in [0.15, 0.2) is 35.4 Å². The SMILES string of the molecule is CCOc1cc(/C=N\NC(=O)C(=O)N[C@@H](C)CC)cc(I)c1OCC(=O)Nc1cc(Cl)ccc1C. The highest BCUT2D eigenvalue weighted by molar-refractivity contribution is 14.1. The number of nitrogens with one attached hydrogen (secondary N) is 3. The summed E-state index contributed by atoms with van der Waals surface area (Å²) in [5.74, 6) is -1.15. The molecule has 0 unspecified atom stereocenters. The van der Waals surface area contributed by atoms with Crippen LogP contribution in [-0.4, -0.2) is 43.2 Å². The number of anilines is 1. The first kappa shape index (κ1) is 28.4. The Labute approximate surface area is 223 Å². The van der Waals surface area contributed by atoms with E-state index in [4.69, 9.17) is 21.1 Å². The highest BCUT2D eigenvalue weighted by Crippen LogP contribution is 2.34. The number of hydrogen-bond donors (Lipinski definition) is 3. The molecule has 11 heteroatoms. The summed E-state index contributed by atoms with van der Waals surface area (Å²) in [5, 5.41) is 9.71. The molecular weight excluding hydrogens is 587 g/mol. The Bertz CT molecular complexity index is 1110. The fraction of sp³-hybridized carbons (Fsp3) is 0.333. The molecule has 2 aromatic rings. The van der Waals surface area contributed by atoms with E-state index in [-0.39, 0.29) is 18.6 Å². The number of aryl methyl sites for hydroxylation is 1. The smallest absolute Gasteiger partial charge is 0.329 e. The van der Waals surface area contributed by atoms with Gasteiger partial charge in [0, 0.05) is 16.8 Å². The topological polar surface area (TPSA) is 118 Å². The lowest BCUT2D eigenvalue weighted by atomic mass is 10.2. The van der Waals surface area contributed by atoms with Gasteiger partial charge in [0.1, 0.15) is 0 Å². The summed E-state index contributed by atoms with van der Waals surface area (Å²) in [6.45, 7) is 7.52. The molecule has 0 heterocycles.